The molecule has 4 nitrogen and oxygen atoms in total. The van der Waals surface area contributed by atoms with E-state index in [1.54, 1.807) is 11.3 Å². The average molecular weight is 254 g/mol. The molecule has 94 valence electrons. The van der Waals surface area contributed by atoms with Crippen LogP contribution >= 0.6 is 11.3 Å². The molecule has 0 spiro atoms. The summed E-state index contributed by atoms with van der Waals surface area (Å²) in [7, 11) is 0. The first-order chi connectivity index (χ1) is 8.22. The van der Waals surface area contributed by atoms with Gasteiger partial charge >= 0.3 is 5.97 Å². The minimum absolute atomic E-state index is 0.335. The van der Waals surface area contributed by atoms with E-state index in [1.807, 2.05) is 18.5 Å². The fourth-order valence-electron chi connectivity index (χ4n) is 2.52. The molecule has 5 heteroatoms. The third-order valence-electron chi connectivity index (χ3n) is 3.37. The smallest absolute Gasteiger partial charge is 0.320 e. The molecule has 0 unspecified atom stereocenters. The molecule has 2 heterocycles. The first kappa shape index (κ1) is 12.5. The van der Waals surface area contributed by atoms with Gasteiger partial charge in [0.05, 0.1) is 5.01 Å². The maximum atomic E-state index is 11.2. The second-order valence-electron chi connectivity index (χ2n) is 4.47. The van der Waals surface area contributed by atoms with Gasteiger partial charge in [0.25, 0.3) is 0 Å². The predicted molar refractivity (Wildman–Crippen MR) is 67.4 cm³/mol. The highest BCUT2D eigenvalue weighted by Gasteiger charge is 2.30. The van der Waals surface area contributed by atoms with Gasteiger partial charge < -0.3 is 5.11 Å². The molecule has 1 aromatic heterocycles. The maximum absolute atomic E-state index is 11.2. The molecule has 17 heavy (non-hydrogen) atoms. The molecule has 0 aliphatic carbocycles. The van der Waals surface area contributed by atoms with Gasteiger partial charge in [0.15, 0.2) is 0 Å². The van der Waals surface area contributed by atoms with Crippen molar-refractivity contribution in [3.8, 4) is 0 Å². The van der Waals surface area contributed by atoms with E-state index in [-0.39, 0.29) is 6.04 Å². The molecule has 1 aliphatic heterocycles. The summed E-state index contributed by atoms with van der Waals surface area (Å²) in [5.74, 6) is -0.288. The number of hydrogen-bond donors (Lipinski definition) is 1. The van der Waals surface area contributed by atoms with Crippen LogP contribution in [-0.2, 0) is 4.79 Å². The maximum Gasteiger partial charge on any atom is 0.320 e. The summed E-state index contributed by atoms with van der Waals surface area (Å²) in [6.45, 7) is 3.66. The van der Waals surface area contributed by atoms with E-state index < -0.39 is 5.97 Å². The van der Waals surface area contributed by atoms with E-state index in [2.05, 4.69) is 9.88 Å². The van der Waals surface area contributed by atoms with Crippen LogP contribution in [0.15, 0.2) is 11.6 Å². The lowest BCUT2D eigenvalue weighted by Gasteiger charge is -2.35. The number of rotatable bonds is 4. The van der Waals surface area contributed by atoms with Crippen LogP contribution in [0.3, 0.4) is 0 Å². The van der Waals surface area contributed by atoms with E-state index in [9.17, 15) is 9.90 Å². The van der Waals surface area contributed by atoms with Gasteiger partial charge in [-0.3, -0.25) is 9.69 Å². The highest BCUT2D eigenvalue weighted by molar-refractivity contribution is 7.09. The van der Waals surface area contributed by atoms with Gasteiger partial charge in [-0.15, -0.1) is 11.3 Å². The standard InChI is InChI=1S/C12H18N2O2S/c1-2-10(12(15)16)14-6-3-4-9(8-14)11-13-5-7-17-11/h5,7,9-10H,2-4,6,8H2,1H3,(H,15,16)/t9-,10-/m1/s1. The van der Waals surface area contributed by atoms with Gasteiger partial charge in [0, 0.05) is 24.0 Å². The van der Waals surface area contributed by atoms with Crippen molar-refractivity contribution in [1.82, 2.24) is 9.88 Å². The number of carboxylic acids is 1. The Morgan fingerprint density at radius 2 is 2.59 bits per heavy atom. The van der Waals surface area contributed by atoms with Crippen molar-refractivity contribution in [2.45, 2.75) is 38.1 Å². The Balaban J connectivity index is 2.04. The molecule has 0 radical (unpaired) electrons. The Morgan fingerprint density at radius 3 is 3.18 bits per heavy atom. The summed E-state index contributed by atoms with van der Waals surface area (Å²) in [6, 6.07) is -0.335. The molecule has 2 atom stereocenters. The number of carbonyl (C=O) groups is 1. The van der Waals surface area contributed by atoms with Crippen LogP contribution in [-0.4, -0.2) is 40.1 Å². The third kappa shape index (κ3) is 2.84. The number of carboxylic acid groups (broad SMARTS) is 1. The van der Waals surface area contributed by atoms with Crippen molar-refractivity contribution in [2.24, 2.45) is 0 Å². The highest BCUT2D eigenvalue weighted by atomic mass is 32.1. The van der Waals surface area contributed by atoms with E-state index in [1.165, 1.54) is 0 Å². The Morgan fingerprint density at radius 1 is 1.76 bits per heavy atom. The van der Waals surface area contributed by atoms with E-state index >= 15 is 0 Å². The molecule has 1 aromatic rings. The normalized spacial score (nSPS) is 23.5. The van der Waals surface area contributed by atoms with Crippen molar-refractivity contribution >= 4 is 17.3 Å². The van der Waals surface area contributed by atoms with Crippen LogP contribution in [0.2, 0.25) is 0 Å². The zero-order valence-electron chi connectivity index (χ0n) is 10.0. The van der Waals surface area contributed by atoms with Crippen molar-refractivity contribution in [3.63, 3.8) is 0 Å². The molecule has 0 saturated carbocycles. The van der Waals surface area contributed by atoms with Crippen molar-refractivity contribution in [3.05, 3.63) is 16.6 Å². The molecule has 1 N–H and O–H groups in total. The minimum atomic E-state index is -0.702. The zero-order valence-corrected chi connectivity index (χ0v) is 10.8. The number of aromatic nitrogens is 1. The van der Waals surface area contributed by atoms with Gasteiger partial charge in [0.2, 0.25) is 0 Å². The Kier molecular flexibility index (Phi) is 4.12. The van der Waals surface area contributed by atoms with Gasteiger partial charge in [-0.2, -0.15) is 0 Å². The second kappa shape index (κ2) is 5.60. The van der Waals surface area contributed by atoms with Crippen LogP contribution < -0.4 is 0 Å². The topological polar surface area (TPSA) is 53.4 Å². The average Bonchev–Trinajstić information content (AvgIpc) is 2.83. The molecule has 1 saturated heterocycles. The Hall–Kier alpha value is -0.940. The quantitative estimate of drug-likeness (QED) is 0.895. The number of piperidine rings is 1. The van der Waals surface area contributed by atoms with Crippen LogP contribution in [0.5, 0.6) is 0 Å². The molecule has 2 rings (SSSR count). The number of hydrogen-bond acceptors (Lipinski definition) is 4. The van der Waals surface area contributed by atoms with Crippen LogP contribution in [0.4, 0.5) is 0 Å². The molecule has 0 amide bonds. The summed E-state index contributed by atoms with van der Waals surface area (Å²) in [5, 5.41) is 12.3. The third-order valence-corrected chi connectivity index (χ3v) is 4.30. The SMILES string of the molecule is CC[C@H](C(=O)O)N1CCC[C@@H](c2nccs2)C1. The van der Waals surface area contributed by atoms with E-state index in [0.29, 0.717) is 12.3 Å². The molecule has 0 bridgehead atoms. The van der Waals surface area contributed by atoms with E-state index in [4.69, 9.17) is 0 Å². The highest BCUT2D eigenvalue weighted by Crippen LogP contribution is 2.29. The molecule has 1 aliphatic rings. The number of nitrogens with zero attached hydrogens (tertiary/aromatic N) is 2. The summed E-state index contributed by atoms with van der Waals surface area (Å²) >= 11 is 1.67. The van der Waals surface area contributed by atoms with Gasteiger partial charge in [-0.25, -0.2) is 4.98 Å². The largest absolute Gasteiger partial charge is 0.480 e. The van der Waals surface area contributed by atoms with Gasteiger partial charge in [-0.1, -0.05) is 6.92 Å². The fourth-order valence-corrected chi connectivity index (χ4v) is 3.28. The number of thiazole rings is 1. The second-order valence-corrected chi connectivity index (χ2v) is 5.39. The fraction of sp³-hybridized carbons (Fsp3) is 0.667. The van der Waals surface area contributed by atoms with Crippen molar-refractivity contribution in [1.29, 1.82) is 0 Å². The summed E-state index contributed by atoms with van der Waals surface area (Å²) in [5.41, 5.74) is 0. The molecular weight excluding hydrogens is 236 g/mol. The van der Waals surface area contributed by atoms with Crippen LogP contribution in [0.1, 0.15) is 37.1 Å². The Bertz CT molecular complexity index is 367. The zero-order chi connectivity index (χ0) is 12.3. The minimum Gasteiger partial charge on any atom is -0.480 e. The van der Waals surface area contributed by atoms with Crippen molar-refractivity contribution < 1.29 is 9.90 Å². The summed E-state index contributed by atoms with van der Waals surface area (Å²) < 4.78 is 0. The number of likely N-dealkylation sites (tertiary alicyclic amines) is 1. The van der Waals surface area contributed by atoms with Gasteiger partial charge in [0.1, 0.15) is 6.04 Å². The molecule has 1 fully saturated rings. The number of aliphatic carboxylic acids is 1. The van der Waals surface area contributed by atoms with Crippen LogP contribution in [0.25, 0.3) is 0 Å². The first-order valence-corrected chi connectivity index (χ1v) is 6.96. The van der Waals surface area contributed by atoms with Crippen molar-refractivity contribution in [2.75, 3.05) is 13.1 Å². The lowest BCUT2D eigenvalue weighted by Crippen LogP contribution is -2.45. The van der Waals surface area contributed by atoms with Crippen LogP contribution in [0, 0.1) is 0 Å². The first-order valence-electron chi connectivity index (χ1n) is 6.08. The lowest BCUT2D eigenvalue weighted by molar-refractivity contribution is -0.144. The predicted octanol–water partition coefficient (Wildman–Crippen LogP) is 2.19. The monoisotopic (exact) mass is 254 g/mol. The van der Waals surface area contributed by atoms with E-state index in [0.717, 1.165) is 30.9 Å². The van der Waals surface area contributed by atoms with Gasteiger partial charge in [-0.05, 0) is 25.8 Å². The summed E-state index contributed by atoms with van der Waals surface area (Å²) in [6.07, 6.45) is 4.68. The molecule has 0 aromatic carbocycles. The molecular formula is C12H18N2O2S. The Labute approximate surface area is 105 Å². The summed E-state index contributed by atoms with van der Waals surface area (Å²) in [4.78, 5) is 17.6. The lowest BCUT2D eigenvalue weighted by atomic mass is 9.96.